The van der Waals surface area contributed by atoms with Gasteiger partial charge in [-0.3, -0.25) is 0 Å². The third-order valence-electron chi connectivity index (χ3n) is 3.86. The fraction of sp³-hybridized carbons (Fsp3) is 0.429. The van der Waals surface area contributed by atoms with Crippen molar-refractivity contribution in [2.24, 2.45) is 5.92 Å². The van der Waals surface area contributed by atoms with Crippen molar-refractivity contribution in [2.75, 3.05) is 6.54 Å². The quantitative estimate of drug-likeness (QED) is 0.818. The lowest BCUT2D eigenvalue weighted by molar-refractivity contribution is 0.481. The Labute approximate surface area is 100 Å². The fourth-order valence-electron chi connectivity index (χ4n) is 2.74. The zero-order valence-electron chi connectivity index (χ0n) is 9.96. The maximum absolute atomic E-state index is 13.1. The number of aromatic amines is 1. The van der Waals surface area contributed by atoms with Crippen LogP contribution in [-0.2, 0) is 6.42 Å². The first-order valence-corrected chi connectivity index (χ1v) is 6.23. The van der Waals surface area contributed by atoms with E-state index in [4.69, 9.17) is 0 Å². The lowest BCUT2D eigenvalue weighted by atomic mass is 9.96. The maximum Gasteiger partial charge on any atom is 0.125 e. The van der Waals surface area contributed by atoms with E-state index in [9.17, 15) is 4.39 Å². The second-order valence-electron chi connectivity index (χ2n) is 5.03. The molecule has 2 heterocycles. The van der Waals surface area contributed by atoms with E-state index in [0.717, 1.165) is 29.8 Å². The molecule has 17 heavy (non-hydrogen) atoms. The van der Waals surface area contributed by atoms with Crippen LogP contribution < -0.4 is 5.32 Å². The highest BCUT2D eigenvalue weighted by molar-refractivity contribution is 5.83. The van der Waals surface area contributed by atoms with Gasteiger partial charge in [0.25, 0.3) is 0 Å². The zero-order valence-corrected chi connectivity index (χ0v) is 9.96. The first-order chi connectivity index (χ1) is 8.24. The van der Waals surface area contributed by atoms with E-state index in [1.165, 1.54) is 18.1 Å². The van der Waals surface area contributed by atoms with E-state index in [1.807, 2.05) is 12.3 Å². The fourth-order valence-corrected chi connectivity index (χ4v) is 2.74. The first-order valence-electron chi connectivity index (χ1n) is 6.23. The van der Waals surface area contributed by atoms with Gasteiger partial charge in [0, 0.05) is 23.1 Å². The highest BCUT2D eigenvalue weighted by atomic mass is 19.1. The molecule has 1 aromatic carbocycles. The Hall–Kier alpha value is -1.35. The second kappa shape index (κ2) is 4.15. The molecule has 2 aromatic rings. The molecular weight excluding hydrogens is 215 g/mol. The van der Waals surface area contributed by atoms with Gasteiger partial charge >= 0.3 is 0 Å². The van der Waals surface area contributed by atoms with Gasteiger partial charge in [0.15, 0.2) is 0 Å². The van der Waals surface area contributed by atoms with Crippen LogP contribution in [0.25, 0.3) is 10.9 Å². The van der Waals surface area contributed by atoms with E-state index >= 15 is 0 Å². The predicted octanol–water partition coefficient (Wildman–Crippen LogP) is 2.85. The molecule has 0 radical (unpaired) electrons. The van der Waals surface area contributed by atoms with Crippen molar-refractivity contribution in [3.8, 4) is 0 Å². The minimum atomic E-state index is -0.182. The first kappa shape index (κ1) is 10.8. The SMILES string of the molecule is C[C@H]1CCN[C@@H]1Cc1c[nH]c2cc(F)ccc12. The Balaban J connectivity index is 1.90. The molecule has 0 bridgehead atoms. The summed E-state index contributed by atoms with van der Waals surface area (Å²) >= 11 is 0. The summed E-state index contributed by atoms with van der Waals surface area (Å²) in [5.41, 5.74) is 2.18. The van der Waals surface area contributed by atoms with Gasteiger partial charge < -0.3 is 10.3 Å². The van der Waals surface area contributed by atoms with Gasteiger partial charge in [-0.15, -0.1) is 0 Å². The van der Waals surface area contributed by atoms with Crippen molar-refractivity contribution >= 4 is 10.9 Å². The molecular formula is C14H17FN2. The lowest BCUT2D eigenvalue weighted by Crippen LogP contribution is -2.27. The summed E-state index contributed by atoms with van der Waals surface area (Å²) in [6.07, 6.45) is 4.28. The molecule has 0 saturated carbocycles. The number of hydrogen-bond donors (Lipinski definition) is 2. The van der Waals surface area contributed by atoms with Crippen LogP contribution in [-0.4, -0.2) is 17.6 Å². The number of H-pyrrole nitrogens is 1. The largest absolute Gasteiger partial charge is 0.361 e. The average molecular weight is 232 g/mol. The molecule has 2 N–H and O–H groups in total. The van der Waals surface area contributed by atoms with Crippen LogP contribution in [0, 0.1) is 11.7 Å². The smallest absolute Gasteiger partial charge is 0.125 e. The minimum Gasteiger partial charge on any atom is -0.361 e. The zero-order chi connectivity index (χ0) is 11.8. The van der Waals surface area contributed by atoms with Crippen molar-refractivity contribution in [1.82, 2.24) is 10.3 Å². The van der Waals surface area contributed by atoms with Gasteiger partial charge in [-0.25, -0.2) is 4.39 Å². The number of aromatic nitrogens is 1. The summed E-state index contributed by atoms with van der Waals surface area (Å²) in [7, 11) is 0. The van der Waals surface area contributed by atoms with Gasteiger partial charge in [0.1, 0.15) is 5.82 Å². The molecule has 1 aliphatic rings. The Morgan fingerprint density at radius 2 is 2.29 bits per heavy atom. The molecule has 2 nitrogen and oxygen atoms in total. The van der Waals surface area contributed by atoms with E-state index < -0.39 is 0 Å². The topological polar surface area (TPSA) is 27.8 Å². The van der Waals surface area contributed by atoms with E-state index in [2.05, 4.69) is 17.2 Å². The number of fused-ring (bicyclic) bond motifs is 1. The Morgan fingerprint density at radius 3 is 3.06 bits per heavy atom. The van der Waals surface area contributed by atoms with Gasteiger partial charge in [-0.2, -0.15) is 0 Å². The highest BCUT2D eigenvalue weighted by Gasteiger charge is 2.23. The standard InChI is InChI=1S/C14H17FN2/c1-9-4-5-16-13(9)6-10-8-17-14-7-11(15)2-3-12(10)14/h2-3,7-9,13,16-17H,4-6H2,1H3/t9-,13+/m0/s1. The summed E-state index contributed by atoms with van der Waals surface area (Å²) in [6.45, 7) is 3.40. The normalized spacial score (nSPS) is 24.6. The van der Waals surface area contributed by atoms with E-state index in [-0.39, 0.29) is 5.82 Å². The molecule has 3 rings (SSSR count). The molecule has 0 aliphatic carbocycles. The summed E-state index contributed by atoms with van der Waals surface area (Å²) in [5.74, 6) is 0.540. The van der Waals surface area contributed by atoms with Crippen LogP contribution in [0.5, 0.6) is 0 Å². The number of benzene rings is 1. The van der Waals surface area contributed by atoms with Crippen molar-refractivity contribution in [3.63, 3.8) is 0 Å². The van der Waals surface area contributed by atoms with Crippen molar-refractivity contribution in [1.29, 1.82) is 0 Å². The molecule has 1 saturated heterocycles. The van der Waals surface area contributed by atoms with Gasteiger partial charge in [0.2, 0.25) is 0 Å². The summed E-state index contributed by atoms with van der Waals surface area (Å²) < 4.78 is 13.1. The lowest BCUT2D eigenvalue weighted by Gasteiger charge is -2.14. The van der Waals surface area contributed by atoms with Gasteiger partial charge in [-0.05, 0) is 49.1 Å². The van der Waals surface area contributed by atoms with E-state index in [0.29, 0.717) is 6.04 Å². The molecule has 0 unspecified atom stereocenters. The number of nitrogens with one attached hydrogen (secondary N) is 2. The third-order valence-corrected chi connectivity index (χ3v) is 3.86. The van der Waals surface area contributed by atoms with Crippen molar-refractivity contribution in [2.45, 2.75) is 25.8 Å². The van der Waals surface area contributed by atoms with Gasteiger partial charge in [-0.1, -0.05) is 6.92 Å². The molecule has 0 spiro atoms. The Bertz CT molecular complexity index is 532. The molecule has 90 valence electrons. The number of rotatable bonds is 2. The van der Waals surface area contributed by atoms with Crippen LogP contribution >= 0.6 is 0 Å². The average Bonchev–Trinajstić information content (AvgIpc) is 2.87. The predicted molar refractivity (Wildman–Crippen MR) is 67.5 cm³/mol. The Kier molecular flexibility index (Phi) is 2.63. The van der Waals surface area contributed by atoms with Crippen LogP contribution in [0.1, 0.15) is 18.9 Å². The molecule has 2 atom stereocenters. The monoisotopic (exact) mass is 232 g/mol. The van der Waals surface area contributed by atoms with Crippen molar-refractivity contribution in [3.05, 3.63) is 35.8 Å². The van der Waals surface area contributed by atoms with Crippen molar-refractivity contribution < 1.29 is 4.39 Å². The minimum absolute atomic E-state index is 0.182. The van der Waals surface area contributed by atoms with Crippen LogP contribution in [0.4, 0.5) is 4.39 Å². The highest BCUT2D eigenvalue weighted by Crippen LogP contribution is 2.24. The van der Waals surface area contributed by atoms with E-state index in [1.54, 1.807) is 6.07 Å². The van der Waals surface area contributed by atoms with Crippen LogP contribution in [0.15, 0.2) is 24.4 Å². The summed E-state index contributed by atoms with van der Waals surface area (Å²) in [4.78, 5) is 3.15. The molecule has 1 fully saturated rings. The van der Waals surface area contributed by atoms with Crippen LogP contribution in [0.3, 0.4) is 0 Å². The molecule has 1 aliphatic heterocycles. The number of halogens is 1. The molecule has 1 aromatic heterocycles. The number of hydrogen-bond acceptors (Lipinski definition) is 1. The Morgan fingerprint density at radius 1 is 1.41 bits per heavy atom. The van der Waals surface area contributed by atoms with Crippen LogP contribution in [0.2, 0.25) is 0 Å². The summed E-state index contributed by atoms with van der Waals surface area (Å²) in [6, 6.07) is 5.52. The summed E-state index contributed by atoms with van der Waals surface area (Å²) in [5, 5.41) is 4.68. The van der Waals surface area contributed by atoms with Gasteiger partial charge in [0.05, 0.1) is 0 Å². The third kappa shape index (κ3) is 1.95. The molecule has 3 heteroatoms. The second-order valence-corrected chi connectivity index (χ2v) is 5.03. The maximum atomic E-state index is 13.1. The molecule has 0 amide bonds.